The molecule has 1 aromatic carbocycles. The van der Waals surface area contributed by atoms with Gasteiger partial charge in [-0.1, -0.05) is 0 Å². The van der Waals surface area contributed by atoms with E-state index < -0.39 is 0 Å². The molecule has 3 N–H and O–H groups in total. The van der Waals surface area contributed by atoms with E-state index >= 15 is 0 Å². The van der Waals surface area contributed by atoms with E-state index in [2.05, 4.69) is 5.32 Å². The number of nitrogens with two attached hydrogens (primary N) is 1. The molecule has 6 heteroatoms. The average Bonchev–Trinajstić information content (AvgIpc) is 2.35. The fourth-order valence-corrected chi connectivity index (χ4v) is 1.83. The van der Waals surface area contributed by atoms with E-state index in [9.17, 15) is 9.59 Å². The minimum absolute atomic E-state index is 0.0119. The largest absolute Gasteiger partial charge is 0.495 e. The van der Waals surface area contributed by atoms with Crippen LogP contribution in [0.1, 0.15) is 31.1 Å². The predicted molar refractivity (Wildman–Crippen MR) is 82.3 cm³/mol. The lowest BCUT2D eigenvalue weighted by molar-refractivity contribution is -0.122. The molecule has 0 saturated carbocycles. The number of carbonyl (C=O) groups is 2. The van der Waals surface area contributed by atoms with Gasteiger partial charge in [0.2, 0.25) is 5.91 Å². The van der Waals surface area contributed by atoms with Gasteiger partial charge in [0.15, 0.2) is 0 Å². The molecule has 0 spiro atoms. The van der Waals surface area contributed by atoms with Crippen molar-refractivity contribution in [3.63, 3.8) is 0 Å². The summed E-state index contributed by atoms with van der Waals surface area (Å²) in [5.41, 5.74) is 6.25. The van der Waals surface area contributed by atoms with Crippen LogP contribution in [0, 0.1) is 0 Å². The molecule has 2 amide bonds. The van der Waals surface area contributed by atoms with Crippen LogP contribution in [-0.4, -0.2) is 43.0 Å². The van der Waals surface area contributed by atoms with Crippen LogP contribution < -0.4 is 15.8 Å². The second-order valence-corrected chi connectivity index (χ2v) is 5.92. The molecule has 1 rings (SSSR count). The summed E-state index contributed by atoms with van der Waals surface area (Å²) in [5.74, 6) is 0.0351. The van der Waals surface area contributed by atoms with Crippen LogP contribution in [0.25, 0.3) is 0 Å². The van der Waals surface area contributed by atoms with Crippen LogP contribution in [0.2, 0.25) is 0 Å². The number of amides is 2. The third-order valence-corrected chi connectivity index (χ3v) is 2.72. The molecule has 0 unspecified atom stereocenters. The van der Waals surface area contributed by atoms with Crippen molar-refractivity contribution in [2.45, 2.75) is 26.3 Å². The molecule has 0 fully saturated rings. The molecule has 21 heavy (non-hydrogen) atoms. The maximum Gasteiger partial charge on any atom is 0.254 e. The van der Waals surface area contributed by atoms with Crippen molar-refractivity contribution in [3.8, 4) is 5.75 Å². The normalized spacial score (nSPS) is 10.9. The summed E-state index contributed by atoms with van der Waals surface area (Å²) in [6, 6.07) is 4.79. The molecule has 0 saturated heterocycles. The Labute approximate surface area is 125 Å². The van der Waals surface area contributed by atoms with E-state index in [1.54, 1.807) is 25.2 Å². The van der Waals surface area contributed by atoms with Crippen molar-refractivity contribution in [2.24, 2.45) is 0 Å². The van der Waals surface area contributed by atoms with E-state index in [0.717, 1.165) is 0 Å². The molecule has 0 radical (unpaired) electrons. The Morgan fingerprint density at radius 1 is 1.33 bits per heavy atom. The monoisotopic (exact) mass is 293 g/mol. The van der Waals surface area contributed by atoms with Gasteiger partial charge in [0.1, 0.15) is 5.75 Å². The number of nitrogen functional groups attached to an aromatic ring is 1. The summed E-state index contributed by atoms with van der Waals surface area (Å²) in [4.78, 5) is 25.4. The van der Waals surface area contributed by atoms with E-state index in [0.29, 0.717) is 17.0 Å². The van der Waals surface area contributed by atoms with Crippen LogP contribution in [0.15, 0.2) is 18.2 Å². The van der Waals surface area contributed by atoms with Crippen molar-refractivity contribution in [3.05, 3.63) is 23.8 Å². The number of hydrogen-bond acceptors (Lipinski definition) is 4. The number of hydrogen-bond donors (Lipinski definition) is 2. The summed E-state index contributed by atoms with van der Waals surface area (Å²) in [5, 5.41) is 2.81. The Kier molecular flexibility index (Phi) is 5.18. The summed E-state index contributed by atoms with van der Waals surface area (Å²) < 4.78 is 5.05. The fourth-order valence-electron chi connectivity index (χ4n) is 1.83. The van der Waals surface area contributed by atoms with Crippen LogP contribution in [0.3, 0.4) is 0 Å². The lowest BCUT2D eigenvalue weighted by Gasteiger charge is -2.23. The van der Waals surface area contributed by atoms with Gasteiger partial charge in [0, 0.05) is 18.2 Å². The lowest BCUT2D eigenvalue weighted by atomic mass is 10.1. The number of rotatable bonds is 4. The second-order valence-electron chi connectivity index (χ2n) is 5.92. The maximum atomic E-state index is 12.2. The minimum Gasteiger partial charge on any atom is -0.495 e. The van der Waals surface area contributed by atoms with Crippen molar-refractivity contribution in [2.75, 3.05) is 26.4 Å². The Hall–Kier alpha value is -2.24. The molecule has 0 atom stereocenters. The average molecular weight is 293 g/mol. The van der Waals surface area contributed by atoms with Gasteiger partial charge in [-0.25, -0.2) is 0 Å². The van der Waals surface area contributed by atoms with Crippen molar-refractivity contribution in [1.29, 1.82) is 0 Å². The first-order chi connectivity index (χ1) is 9.64. The van der Waals surface area contributed by atoms with Crippen molar-refractivity contribution < 1.29 is 14.3 Å². The number of methoxy groups -OCH3 is 1. The zero-order chi connectivity index (χ0) is 16.2. The van der Waals surface area contributed by atoms with Gasteiger partial charge in [-0.3, -0.25) is 9.59 Å². The summed E-state index contributed by atoms with van der Waals surface area (Å²) >= 11 is 0. The zero-order valence-corrected chi connectivity index (χ0v) is 13.2. The highest BCUT2D eigenvalue weighted by molar-refractivity contribution is 5.97. The van der Waals surface area contributed by atoms with E-state index in [-0.39, 0.29) is 23.9 Å². The van der Waals surface area contributed by atoms with Gasteiger partial charge in [-0.2, -0.15) is 0 Å². The summed E-state index contributed by atoms with van der Waals surface area (Å²) in [7, 11) is 3.08. The van der Waals surface area contributed by atoms with E-state index in [1.807, 2.05) is 20.8 Å². The molecule has 0 aliphatic heterocycles. The Bertz CT molecular complexity index is 535. The number of carbonyl (C=O) groups excluding carboxylic acids is 2. The van der Waals surface area contributed by atoms with Crippen LogP contribution >= 0.6 is 0 Å². The van der Waals surface area contributed by atoms with E-state index in [4.69, 9.17) is 10.5 Å². The number of anilines is 1. The van der Waals surface area contributed by atoms with Crippen molar-refractivity contribution >= 4 is 17.5 Å². The number of ether oxygens (including phenoxy) is 1. The Morgan fingerprint density at radius 3 is 2.43 bits per heavy atom. The van der Waals surface area contributed by atoms with Gasteiger partial charge >= 0.3 is 0 Å². The Balaban J connectivity index is 2.74. The molecule has 6 nitrogen and oxygen atoms in total. The third-order valence-electron chi connectivity index (χ3n) is 2.72. The lowest BCUT2D eigenvalue weighted by Crippen LogP contribution is -2.46. The zero-order valence-electron chi connectivity index (χ0n) is 13.2. The number of likely N-dealkylation sites (N-methyl/N-ethyl adjacent to an activating group) is 1. The molecule has 0 heterocycles. The number of nitrogens with zero attached hydrogens (tertiary/aromatic N) is 1. The molecule has 0 aliphatic rings. The molecule has 0 bridgehead atoms. The highest BCUT2D eigenvalue weighted by atomic mass is 16.5. The van der Waals surface area contributed by atoms with Gasteiger partial charge < -0.3 is 20.7 Å². The third kappa shape index (κ3) is 4.98. The summed E-state index contributed by atoms with van der Waals surface area (Å²) in [6.07, 6.45) is 0. The molecular weight excluding hydrogens is 270 g/mol. The standard InChI is InChI=1S/C15H23N3O3/c1-15(2,3)17-13(19)9-18(4)14(20)10-6-7-12(21-5)11(16)8-10/h6-8H,9,16H2,1-5H3,(H,17,19). The van der Waals surface area contributed by atoms with Gasteiger partial charge in [0.05, 0.1) is 19.3 Å². The maximum absolute atomic E-state index is 12.2. The van der Waals surface area contributed by atoms with Gasteiger partial charge in [-0.15, -0.1) is 0 Å². The summed E-state index contributed by atoms with van der Waals surface area (Å²) in [6.45, 7) is 5.65. The molecular formula is C15H23N3O3. The highest BCUT2D eigenvalue weighted by Gasteiger charge is 2.19. The molecule has 116 valence electrons. The van der Waals surface area contributed by atoms with Gasteiger partial charge in [0.25, 0.3) is 5.91 Å². The molecule has 0 aliphatic carbocycles. The number of nitrogens with one attached hydrogen (secondary N) is 1. The van der Waals surface area contributed by atoms with E-state index in [1.165, 1.54) is 12.0 Å². The topological polar surface area (TPSA) is 84.7 Å². The fraction of sp³-hybridized carbons (Fsp3) is 0.467. The van der Waals surface area contributed by atoms with Crippen LogP contribution in [-0.2, 0) is 4.79 Å². The Morgan fingerprint density at radius 2 is 1.95 bits per heavy atom. The second kappa shape index (κ2) is 6.47. The SMILES string of the molecule is COc1ccc(C(=O)N(C)CC(=O)NC(C)(C)C)cc1N. The van der Waals surface area contributed by atoms with Crippen LogP contribution in [0.5, 0.6) is 5.75 Å². The number of benzene rings is 1. The predicted octanol–water partition coefficient (Wildman–Crippen LogP) is 1.26. The first-order valence-electron chi connectivity index (χ1n) is 6.64. The van der Waals surface area contributed by atoms with Crippen LogP contribution in [0.4, 0.5) is 5.69 Å². The van der Waals surface area contributed by atoms with Gasteiger partial charge in [-0.05, 0) is 39.0 Å². The first-order valence-corrected chi connectivity index (χ1v) is 6.64. The quantitative estimate of drug-likeness (QED) is 0.819. The highest BCUT2D eigenvalue weighted by Crippen LogP contribution is 2.22. The van der Waals surface area contributed by atoms with Crippen molar-refractivity contribution in [1.82, 2.24) is 10.2 Å². The molecule has 1 aromatic rings. The molecule has 0 aromatic heterocycles. The minimum atomic E-state index is -0.328. The smallest absolute Gasteiger partial charge is 0.254 e. The first kappa shape index (κ1) is 16.8.